The van der Waals surface area contributed by atoms with Crippen molar-refractivity contribution in [3.05, 3.63) is 48.6 Å². The first-order chi connectivity index (χ1) is 13.4. The summed E-state index contributed by atoms with van der Waals surface area (Å²) >= 11 is 0. The van der Waals surface area contributed by atoms with E-state index in [1.807, 2.05) is 6.08 Å². The minimum absolute atomic E-state index is 0. The zero-order valence-electron chi connectivity index (χ0n) is 18.6. The molecule has 164 valence electrons. The molecule has 1 aromatic rings. The number of halogens is 1. The van der Waals surface area contributed by atoms with Crippen LogP contribution in [0.3, 0.4) is 0 Å². The molecule has 1 heterocycles. The molecule has 0 aliphatic carbocycles. The third kappa shape index (κ3) is 9.49. The number of nitrogens with zero attached hydrogens (tertiary/aromatic N) is 2. The van der Waals surface area contributed by atoms with Crippen LogP contribution >= 0.6 is 24.0 Å². The molecule has 0 aromatic heterocycles. The van der Waals surface area contributed by atoms with Crippen LogP contribution in [0.4, 0.5) is 0 Å². The Morgan fingerprint density at radius 1 is 1.28 bits per heavy atom. The van der Waals surface area contributed by atoms with Gasteiger partial charge in [0.25, 0.3) is 0 Å². The summed E-state index contributed by atoms with van der Waals surface area (Å²) in [6.45, 7) is 17.4. The standard InChI is InChI=1S/C23H39N5.HI/c1-6-15-28-16-13-21(14-17-28)26-22(24-7-2)25-18-23(4,5)27-19(3)20-11-9-8-10-12-20;/h6,8-12,19,21,27H,1,7,13-18H2,2-5H3,(H2,24,25,26);1H. The summed E-state index contributed by atoms with van der Waals surface area (Å²) in [4.78, 5) is 7.34. The van der Waals surface area contributed by atoms with Crippen molar-refractivity contribution in [1.82, 2.24) is 20.9 Å². The Bertz CT molecular complexity index is 609. The Morgan fingerprint density at radius 2 is 1.93 bits per heavy atom. The van der Waals surface area contributed by atoms with Gasteiger partial charge in [0.1, 0.15) is 0 Å². The van der Waals surface area contributed by atoms with E-state index in [1.165, 1.54) is 5.56 Å². The number of likely N-dealkylation sites (tertiary alicyclic amines) is 1. The molecule has 2 rings (SSSR count). The highest BCUT2D eigenvalue weighted by atomic mass is 127. The molecule has 29 heavy (non-hydrogen) atoms. The molecule has 1 atom stereocenters. The van der Waals surface area contributed by atoms with E-state index in [0.717, 1.165) is 51.5 Å². The largest absolute Gasteiger partial charge is 0.357 e. The molecule has 1 aliphatic rings. The summed E-state index contributed by atoms with van der Waals surface area (Å²) in [5, 5.41) is 10.8. The fourth-order valence-electron chi connectivity index (χ4n) is 3.69. The lowest BCUT2D eigenvalue weighted by molar-refractivity contribution is 0.225. The quantitative estimate of drug-likeness (QED) is 0.203. The van der Waals surface area contributed by atoms with Crippen LogP contribution in [0.1, 0.15) is 52.1 Å². The summed E-state index contributed by atoms with van der Waals surface area (Å²) in [6.07, 6.45) is 4.28. The second-order valence-corrected chi connectivity index (χ2v) is 8.36. The number of hydrogen-bond acceptors (Lipinski definition) is 3. The number of nitrogens with one attached hydrogen (secondary N) is 3. The Kier molecular flexibility index (Phi) is 11.8. The fraction of sp³-hybridized carbons (Fsp3) is 0.609. The lowest BCUT2D eigenvalue weighted by atomic mass is 10.0. The minimum atomic E-state index is -0.0923. The van der Waals surface area contributed by atoms with Crippen LogP contribution in [-0.4, -0.2) is 55.2 Å². The third-order valence-corrected chi connectivity index (χ3v) is 5.20. The molecule has 1 aliphatic heterocycles. The van der Waals surface area contributed by atoms with Crippen LogP contribution < -0.4 is 16.0 Å². The molecule has 0 saturated carbocycles. The lowest BCUT2D eigenvalue weighted by Crippen LogP contribution is -2.50. The molecule has 1 aromatic carbocycles. The van der Waals surface area contributed by atoms with Gasteiger partial charge < -0.3 is 16.0 Å². The summed E-state index contributed by atoms with van der Waals surface area (Å²) in [7, 11) is 0. The SMILES string of the molecule is C=CCN1CCC(NC(=NCC(C)(C)NC(C)c2ccccc2)NCC)CC1.I. The van der Waals surface area contributed by atoms with E-state index in [-0.39, 0.29) is 35.6 Å². The highest BCUT2D eigenvalue weighted by molar-refractivity contribution is 14.0. The van der Waals surface area contributed by atoms with Gasteiger partial charge in [0.05, 0.1) is 6.54 Å². The Hall–Kier alpha value is -1.12. The van der Waals surface area contributed by atoms with Crippen molar-refractivity contribution in [2.75, 3.05) is 32.7 Å². The van der Waals surface area contributed by atoms with Crippen molar-refractivity contribution in [2.24, 2.45) is 4.99 Å². The number of rotatable bonds is 9. The molecule has 0 radical (unpaired) electrons. The lowest BCUT2D eigenvalue weighted by Gasteiger charge is -2.33. The molecular formula is C23H40IN5. The van der Waals surface area contributed by atoms with Crippen LogP contribution in [0.2, 0.25) is 0 Å². The summed E-state index contributed by atoms with van der Waals surface area (Å²) in [5.41, 5.74) is 1.21. The zero-order valence-corrected chi connectivity index (χ0v) is 20.9. The highest BCUT2D eigenvalue weighted by Gasteiger charge is 2.22. The smallest absolute Gasteiger partial charge is 0.191 e. The van der Waals surface area contributed by atoms with Gasteiger partial charge in [-0.15, -0.1) is 30.6 Å². The van der Waals surface area contributed by atoms with Gasteiger partial charge >= 0.3 is 0 Å². The molecule has 6 heteroatoms. The Labute approximate surface area is 194 Å². The first-order valence-corrected chi connectivity index (χ1v) is 10.6. The van der Waals surface area contributed by atoms with E-state index >= 15 is 0 Å². The van der Waals surface area contributed by atoms with Crippen LogP contribution in [0.25, 0.3) is 0 Å². The summed E-state index contributed by atoms with van der Waals surface area (Å²) in [6, 6.07) is 11.3. The van der Waals surface area contributed by atoms with E-state index in [4.69, 9.17) is 4.99 Å². The van der Waals surface area contributed by atoms with Crippen molar-refractivity contribution >= 4 is 29.9 Å². The van der Waals surface area contributed by atoms with Gasteiger partial charge in [0.15, 0.2) is 5.96 Å². The second kappa shape index (κ2) is 13.2. The first-order valence-electron chi connectivity index (χ1n) is 10.6. The maximum Gasteiger partial charge on any atom is 0.191 e. The summed E-state index contributed by atoms with van der Waals surface area (Å²) < 4.78 is 0. The fourth-order valence-corrected chi connectivity index (χ4v) is 3.69. The Morgan fingerprint density at radius 3 is 2.52 bits per heavy atom. The Balaban J connectivity index is 0.00000420. The van der Waals surface area contributed by atoms with E-state index in [1.54, 1.807) is 0 Å². The average molecular weight is 514 g/mol. The van der Waals surface area contributed by atoms with Crippen LogP contribution in [0, 0.1) is 0 Å². The van der Waals surface area contributed by atoms with E-state index in [9.17, 15) is 0 Å². The molecule has 5 nitrogen and oxygen atoms in total. The van der Waals surface area contributed by atoms with Crippen molar-refractivity contribution in [2.45, 2.75) is 58.2 Å². The monoisotopic (exact) mass is 513 g/mol. The maximum absolute atomic E-state index is 4.88. The molecule has 1 fully saturated rings. The van der Waals surface area contributed by atoms with Gasteiger partial charge in [-0.05, 0) is 46.1 Å². The van der Waals surface area contributed by atoms with Gasteiger partial charge in [-0.3, -0.25) is 9.89 Å². The third-order valence-electron chi connectivity index (χ3n) is 5.20. The number of piperidine rings is 1. The van der Waals surface area contributed by atoms with E-state index in [0.29, 0.717) is 6.04 Å². The molecular weight excluding hydrogens is 473 g/mol. The molecule has 0 spiro atoms. The van der Waals surface area contributed by atoms with Gasteiger partial charge in [-0.1, -0.05) is 36.4 Å². The highest BCUT2D eigenvalue weighted by Crippen LogP contribution is 2.16. The second-order valence-electron chi connectivity index (χ2n) is 8.36. The van der Waals surface area contributed by atoms with E-state index < -0.39 is 0 Å². The van der Waals surface area contributed by atoms with Crippen molar-refractivity contribution < 1.29 is 0 Å². The van der Waals surface area contributed by atoms with E-state index in [2.05, 4.69) is 85.5 Å². The topological polar surface area (TPSA) is 51.7 Å². The van der Waals surface area contributed by atoms with Crippen molar-refractivity contribution in [3.8, 4) is 0 Å². The van der Waals surface area contributed by atoms with Gasteiger partial charge in [-0.25, -0.2) is 0 Å². The average Bonchev–Trinajstić information content (AvgIpc) is 2.68. The molecule has 1 unspecified atom stereocenters. The molecule has 3 N–H and O–H groups in total. The number of hydrogen-bond donors (Lipinski definition) is 3. The van der Waals surface area contributed by atoms with Gasteiger partial charge in [0, 0.05) is 43.8 Å². The van der Waals surface area contributed by atoms with Gasteiger partial charge in [-0.2, -0.15) is 0 Å². The maximum atomic E-state index is 4.88. The van der Waals surface area contributed by atoms with Crippen LogP contribution in [-0.2, 0) is 0 Å². The molecule has 0 amide bonds. The van der Waals surface area contributed by atoms with Crippen molar-refractivity contribution in [3.63, 3.8) is 0 Å². The van der Waals surface area contributed by atoms with Crippen LogP contribution in [0.5, 0.6) is 0 Å². The van der Waals surface area contributed by atoms with Crippen LogP contribution in [0.15, 0.2) is 48.0 Å². The van der Waals surface area contributed by atoms with Crippen molar-refractivity contribution in [1.29, 1.82) is 0 Å². The summed E-state index contributed by atoms with van der Waals surface area (Å²) in [5.74, 6) is 0.923. The van der Waals surface area contributed by atoms with Gasteiger partial charge in [0.2, 0.25) is 0 Å². The number of aliphatic imine (C=N–C) groups is 1. The minimum Gasteiger partial charge on any atom is -0.357 e. The molecule has 1 saturated heterocycles. The normalized spacial score (nSPS) is 17.3. The number of benzene rings is 1. The number of guanidine groups is 1. The predicted octanol–water partition coefficient (Wildman–Crippen LogP) is 3.94. The molecule has 0 bridgehead atoms. The first kappa shape index (κ1) is 25.9. The predicted molar refractivity (Wildman–Crippen MR) is 136 cm³/mol. The zero-order chi connectivity index (χ0) is 20.4.